The molecule has 1 fully saturated rings. The van der Waals surface area contributed by atoms with Crippen molar-refractivity contribution >= 4 is 31.6 Å². The van der Waals surface area contributed by atoms with E-state index in [2.05, 4.69) is 18.1 Å². The van der Waals surface area contributed by atoms with Crippen molar-refractivity contribution in [3.8, 4) is 0 Å². The highest BCUT2D eigenvalue weighted by molar-refractivity contribution is 7.53. The van der Waals surface area contributed by atoms with E-state index in [0.29, 0.717) is 0 Å². The number of ether oxygens (including phenoxy) is 1. The predicted octanol–water partition coefficient (Wildman–Crippen LogP) is -1.73. The zero-order valence-electron chi connectivity index (χ0n) is 14.4. The summed E-state index contributed by atoms with van der Waals surface area (Å²) < 4.78 is 56.4. The summed E-state index contributed by atoms with van der Waals surface area (Å²) in [5, 5.41) is 0. The predicted molar refractivity (Wildman–Crippen MR) is 89.2 cm³/mol. The van der Waals surface area contributed by atoms with Crippen LogP contribution in [0.2, 0.25) is 0 Å². The molecule has 0 aromatic heterocycles. The Bertz CT molecular complexity index is 673. The minimum atomic E-state index is -5.45. The fraction of sp³-hybridized carbons (Fsp3) is 1.00. The average molecular weight is 513 g/mol. The Morgan fingerprint density at radius 2 is 1.28 bits per heavy atom. The van der Waals surface area contributed by atoms with Crippen molar-refractivity contribution in [1.29, 1.82) is 0 Å². The molecule has 1 aliphatic heterocycles. The second-order valence-electron chi connectivity index (χ2n) is 5.61. The van der Waals surface area contributed by atoms with Crippen LogP contribution >= 0.6 is 31.6 Å². The van der Waals surface area contributed by atoms with Gasteiger partial charge < -0.3 is 34.1 Å². The Labute approximate surface area is 163 Å². The first-order valence-corrected chi connectivity index (χ1v) is 13.6. The number of rotatable bonds is 10. The molecule has 0 bridgehead atoms. The highest BCUT2D eigenvalue weighted by atomic mass is 31.2. The number of hydrogen-bond donors (Lipinski definition) is 9. The molecule has 0 aromatic rings. The molecule has 29 heavy (non-hydrogen) atoms. The van der Waals surface area contributed by atoms with Gasteiger partial charge in [0.15, 0.2) is 6.10 Å². The van der Waals surface area contributed by atoms with E-state index >= 15 is 0 Å². The zero-order chi connectivity index (χ0) is 22.8. The van der Waals surface area contributed by atoms with E-state index in [1.165, 1.54) is 6.92 Å². The molecule has 0 radical (unpaired) electrons. The van der Waals surface area contributed by atoms with Gasteiger partial charge in [0.25, 0.3) is 0 Å². The summed E-state index contributed by atoms with van der Waals surface area (Å²) in [5.74, 6) is 0. The molecule has 9 N–H and O–H groups in total. The van der Waals surface area contributed by atoms with E-state index in [-0.39, 0.29) is 6.42 Å². The van der Waals surface area contributed by atoms with Crippen LogP contribution in [0.1, 0.15) is 13.3 Å². The molecular formula is C8H21O17P4+. The van der Waals surface area contributed by atoms with E-state index in [9.17, 15) is 13.7 Å². The van der Waals surface area contributed by atoms with Gasteiger partial charge >= 0.3 is 31.6 Å². The Morgan fingerprint density at radius 1 is 0.793 bits per heavy atom. The van der Waals surface area contributed by atoms with Gasteiger partial charge in [0.2, 0.25) is 0 Å². The van der Waals surface area contributed by atoms with Gasteiger partial charge in [-0.3, -0.25) is 13.6 Å². The van der Waals surface area contributed by atoms with Crippen LogP contribution in [0.3, 0.4) is 0 Å². The highest BCUT2D eigenvalue weighted by Gasteiger charge is 2.56. The molecule has 5 atom stereocenters. The lowest BCUT2D eigenvalue weighted by molar-refractivity contribution is -0.218. The smallest absolute Gasteiger partial charge is 0.367 e. The summed E-state index contributed by atoms with van der Waals surface area (Å²) in [6, 6.07) is 0. The zero-order valence-corrected chi connectivity index (χ0v) is 18.0. The molecule has 1 heterocycles. The summed E-state index contributed by atoms with van der Waals surface area (Å²) in [5.41, 5.74) is 0. The Balaban J connectivity index is 3.40. The number of phosphoric ester groups is 3. The maximum Gasteiger partial charge on any atom is 0.567 e. The maximum atomic E-state index is 11.3. The average Bonchev–Trinajstić information content (AvgIpc) is 2.44. The molecule has 0 aromatic carbocycles. The van der Waals surface area contributed by atoms with E-state index in [0.717, 1.165) is 0 Å². The quantitative estimate of drug-likeness (QED) is 0.147. The van der Waals surface area contributed by atoms with Gasteiger partial charge in [-0.05, 0) is 6.42 Å². The Kier molecular flexibility index (Phi) is 9.52. The van der Waals surface area contributed by atoms with Gasteiger partial charge in [-0.15, -0.1) is 4.52 Å². The van der Waals surface area contributed by atoms with Crippen molar-refractivity contribution in [2.75, 3.05) is 6.61 Å². The second kappa shape index (κ2) is 10.0. The molecule has 0 aliphatic carbocycles. The third-order valence-corrected chi connectivity index (χ3v) is 5.37. The molecule has 0 amide bonds. The molecule has 1 aliphatic rings. The minimum Gasteiger partial charge on any atom is -0.367 e. The largest absolute Gasteiger partial charge is 0.567 e. The van der Waals surface area contributed by atoms with Crippen molar-refractivity contribution in [2.24, 2.45) is 0 Å². The van der Waals surface area contributed by atoms with Gasteiger partial charge in [-0.25, -0.2) is 13.7 Å². The Morgan fingerprint density at radius 3 is 1.66 bits per heavy atom. The van der Waals surface area contributed by atoms with Crippen LogP contribution in [0, 0.1) is 0 Å². The van der Waals surface area contributed by atoms with E-state index in [4.69, 9.17) is 48.8 Å². The molecule has 2 unspecified atom stereocenters. The van der Waals surface area contributed by atoms with Crippen LogP contribution in [0.4, 0.5) is 0 Å². The van der Waals surface area contributed by atoms with Crippen LogP contribution in [-0.2, 0) is 36.5 Å². The summed E-state index contributed by atoms with van der Waals surface area (Å²) in [7, 11) is -21.1. The van der Waals surface area contributed by atoms with Crippen molar-refractivity contribution < 1.29 is 80.6 Å². The third-order valence-electron chi connectivity index (χ3n) is 3.32. The van der Waals surface area contributed by atoms with Crippen molar-refractivity contribution in [2.45, 2.75) is 43.9 Å². The molecule has 1 saturated heterocycles. The fourth-order valence-electron chi connectivity index (χ4n) is 2.48. The van der Waals surface area contributed by atoms with Gasteiger partial charge in [0.05, 0.1) is 12.7 Å². The van der Waals surface area contributed by atoms with Gasteiger partial charge in [-0.1, -0.05) is 6.92 Å². The standard InChI is InChI=1S/C8H20O17P4/c1-2-4-6(23-27(12,13)14)8(25-29(18,19)20)7(24-28(15,16)17)5(22-4)3-21-26(9,10)11/h4-8,12-14H,2-3H2,1H3,(H5-,9,10,11,15,16,17,18,19,20)/p+1/t4-,5?,6-,7-,8?/m1/s1. The normalized spacial score (nSPS) is 29.8. The SMILES string of the molecule is CC[C@H]1OC(COP(=O)(O)O)[C@@H](OP(=O)(O)O)C(OP(=O)(O)O)[C@@H]1O[P+](O)(O)O. The molecule has 1 rings (SSSR count). The third kappa shape index (κ3) is 10.6. The van der Waals surface area contributed by atoms with Crippen molar-refractivity contribution in [1.82, 2.24) is 0 Å². The molecule has 21 heteroatoms. The van der Waals surface area contributed by atoms with E-state index in [1.54, 1.807) is 0 Å². The van der Waals surface area contributed by atoms with Crippen LogP contribution in [0.15, 0.2) is 0 Å². The van der Waals surface area contributed by atoms with Crippen LogP contribution in [0.25, 0.3) is 0 Å². The van der Waals surface area contributed by atoms with Gasteiger partial charge in [0, 0.05) is 0 Å². The van der Waals surface area contributed by atoms with Crippen molar-refractivity contribution in [3.63, 3.8) is 0 Å². The molecule has 0 saturated carbocycles. The van der Waals surface area contributed by atoms with E-state index < -0.39 is 68.8 Å². The summed E-state index contributed by atoms with van der Waals surface area (Å²) in [6.07, 6.45) is -9.70. The number of phosphoric acid groups is 3. The second-order valence-corrected chi connectivity index (χ2v) is 10.5. The molecule has 17 nitrogen and oxygen atoms in total. The topological polar surface area (TPSA) is 279 Å². The Hall–Kier alpha value is 0.560. The highest BCUT2D eigenvalue weighted by Crippen LogP contribution is 2.53. The van der Waals surface area contributed by atoms with Crippen LogP contribution < -0.4 is 0 Å². The van der Waals surface area contributed by atoms with E-state index in [1.807, 2.05) is 0 Å². The first kappa shape index (κ1) is 27.6. The first-order chi connectivity index (χ1) is 12.8. The van der Waals surface area contributed by atoms with Gasteiger partial charge in [0.1, 0.15) is 18.3 Å². The lowest BCUT2D eigenvalue weighted by Gasteiger charge is -2.44. The first-order valence-electron chi connectivity index (χ1n) is 7.40. The van der Waals surface area contributed by atoms with Gasteiger partial charge in [-0.2, -0.15) is 14.7 Å². The summed E-state index contributed by atoms with van der Waals surface area (Å²) in [4.78, 5) is 81.5. The maximum absolute atomic E-state index is 11.3. The van der Waals surface area contributed by atoms with Crippen LogP contribution in [0.5, 0.6) is 0 Å². The monoisotopic (exact) mass is 513 g/mol. The van der Waals surface area contributed by atoms with Crippen LogP contribution in [-0.4, -0.2) is 81.2 Å². The number of hydrogen-bond acceptors (Lipinski definition) is 11. The fourth-order valence-corrected chi connectivity index (χ4v) is 4.53. The lowest BCUT2D eigenvalue weighted by atomic mass is 9.94. The molecule has 174 valence electrons. The lowest BCUT2D eigenvalue weighted by Crippen LogP contribution is -2.60. The minimum absolute atomic E-state index is 0.124. The molecular weight excluding hydrogens is 492 g/mol. The molecule has 0 spiro atoms. The summed E-state index contributed by atoms with van der Waals surface area (Å²) >= 11 is 0. The summed E-state index contributed by atoms with van der Waals surface area (Å²) in [6.45, 7) is 0.309. The van der Waals surface area contributed by atoms with Crippen molar-refractivity contribution in [3.05, 3.63) is 0 Å².